The molecule has 8 heteroatoms. The molecule has 0 spiro atoms. The van der Waals surface area contributed by atoms with Crippen molar-refractivity contribution in [3.05, 3.63) is 56.2 Å². The quantitative estimate of drug-likeness (QED) is 0.634. The van der Waals surface area contributed by atoms with Crippen molar-refractivity contribution in [2.45, 2.75) is 31.8 Å². The van der Waals surface area contributed by atoms with Crippen molar-refractivity contribution in [2.24, 2.45) is 0 Å². The lowest BCUT2D eigenvalue weighted by Crippen LogP contribution is -2.36. The van der Waals surface area contributed by atoms with Gasteiger partial charge in [-0.15, -0.1) is 11.3 Å². The Bertz CT molecular complexity index is 1010. The number of hydrogen-bond acceptors (Lipinski definition) is 5. The van der Waals surface area contributed by atoms with Crippen LogP contribution in [-0.4, -0.2) is 35.0 Å². The maximum atomic E-state index is 12.4. The first-order valence-electron chi connectivity index (χ1n) is 9.45. The second kappa shape index (κ2) is 8.51. The van der Waals surface area contributed by atoms with Crippen LogP contribution >= 0.6 is 22.9 Å². The smallest absolute Gasteiger partial charge is 0.408 e. The molecule has 1 aliphatic heterocycles. The van der Waals surface area contributed by atoms with Gasteiger partial charge in [-0.1, -0.05) is 17.7 Å². The molecule has 6 nitrogen and oxygen atoms in total. The maximum Gasteiger partial charge on any atom is 0.419 e. The van der Waals surface area contributed by atoms with E-state index in [0.717, 1.165) is 13.1 Å². The van der Waals surface area contributed by atoms with Crippen molar-refractivity contribution in [1.29, 1.82) is 0 Å². The summed E-state index contributed by atoms with van der Waals surface area (Å²) in [7, 11) is 0. The molecule has 1 saturated heterocycles. The second-order valence-corrected chi connectivity index (χ2v) is 8.38. The lowest BCUT2D eigenvalue weighted by atomic mass is 10.2. The molecule has 0 saturated carbocycles. The van der Waals surface area contributed by atoms with Crippen molar-refractivity contribution in [1.82, 2.24) is 14.8 Å². The Balaban J connectivity index is 1.38. The molecule has 1 amide bonds. The van der Waals surface area contributed by atoms with Crippen LogP contribution in [-0.2, 0) is 11.3 Å². The summed E-state index contributed by atoms with van der Waals surface area (Å²) in [4.78, 5) is 28.2. The third-order valence-electron chi connectivity index (χ3n) is 5.14. The zero-order chi connectivity index (χ0) is 19.5. The van der Waals surface area contributed by atoms with Crippen molar-refractivity contribution < 1.29 is 9.21 Å². The molecule has 1 fully saturated rings. The summed E-state index contributed by atoms with van der Waals surface area (Å²) in [6.07, 6.45) is 2.63. The van der Waals surface area contributed by atoms with Gasteiger partial charge in [-0.05, 0) is 49.5 Å². The second-order valence-electron chi connectivity index (χ2n) is 6.96. The fourth-order valence-corrected chi connectivity index (χ4v) is 4.73. The number of aryl methyl sites for hydroxylation is 1. The van der Waals surface area contributed by atoms with Gasteiger partial charge >= 0.3 is 5.76 Å². The number of nitrogens with one attached hydrogen (secondary N) is 1. The fourth-order valence-electron chi connectivity index (χ4n) is 3.71. The van der Waals surface area contributed by atoms with E-state index in [4.69, 9.17) is 16.0 Å². The number of rotatable bonds is 7. The number of aromatic nitrogens is 1. The Labute approximate surface area is 171 Å². The number of oxazole rings is 1. The van der Waals surface area contributed by atoms with E-state index in [1.165, 1.54) is 22.3 Å². The van der Waals surface area contributed by atoms with Gasteiger partial charge in [0.1, 0.15) is 0 Å². The van der Waals surface area contributed by atoms with Gasteiger partial charge in [0.15, 0.2) is 5.58 Å². The molecule has 0 bridgehead atoms. The summed E-state index contributed by atoms with van der Waals surface area (Å²) in [5.41, 5.74) is 1.08. The zero-order valence-corrected chi connectivity index (χ0v) is 17.0. The van der Waals surface area contributed by atoms with Crippen LogP contribution in [0.15, 0.2) is 44.9 Å². The monoisotopic (exact) mass is 419 g/mol. The predicted octanol–water partition coefficient (Wildman–Crippen LogP) is 3.65. The number of carbonyl (C=O) groups excluding carboxylic acids is 1. The summed E-state index contributed by atoms with van der Waals surface area (Å²) < 4.78 is 6.69. The Morgan fingerprint density at radius 1 is 1.29 bits per heavy atom. The van der Waals surface area contributed by atoms with Gasteiger partial charge in [0, 0.05) is 35.5 Å². The molecule has 1 unspecified atom stereocenters. The molecule has 4 rings (SSSR count). The van der Waals surface area contributed by atoms with Crippen LogP contribution in [0.3, 0.4) is 0 Å². The minimum atomic E-state index is -0.474. The van der Waals surface area contributed by atoms with Crippen molar-refractivity contribution in [2.75, 3.05) is 19.6 Å². The Morgan fingerprint density at radius 2 is 2.11 bits per heavy atom. The number of carbonyl (C=O) groups is 1. The van der Waals surface area contributed by atoms with E-state index in [0.29, 0.717) is 22.7 Å². The van der Waals surface area contributed by atoms with Gasteiger partial charge in [0.25, 0.3) is 0 Å². The van der Waals surface area contributed by atoms with E-state index >= 15 is 0 Å². The van der Waals surface area contributed by atoms with Gasteiger partial charge in [-0.3, -0.25) is 14.3 Å². The number of amides is 1. The van der Waals surface area contributed by atoms with Crippen molar-refractivity contribution in [3.63, 3.8) is 0 Å². The summed E-state index contributed by atoms with van der Waals surface area (Å²) in [5, 5.41) is 5.63. The van der Waals surface area contributed by atoms with Crippen LogP contribution in [0.4, 0.5) is 0 Å². The van der Waals surface area contributed by atoms with Crippen LogP contribution in [0.2, 0.25) is 5.02 Å². The fraction of sp³-hybridized carbons (Fsp3) is 0.400. The standard InChI is InChI=1S/C20H22ClN3O3S/c21-14-5-6-15-17(12-14)27-20(26)24(15)10-7-19(25)22-13-16(18-4-3-11-28-18)23-8-1-2-9-23/h3-6,11-12,16H,1-2,7-10,13H2,(H,22,25). The molecule has 1 aromatic carbocycles. The Kier molecular flexibility index (Phi) is 5.85. The first kappa shape index (κ1) is 19.2. The lowest BCUT2D eigenvalue weighted by molar-refractivity contribution is -0.121. The SMILES string of the molecule is O=C(CCn1c(=O)oc2cc(Cl)ccc21)NCC(c1cccs1)N1CCCC1. The summed E-state index contributed by atoms with van der Waals surface area (Å²) in [5.74, 6) is -0.547. The number of benzene rings is 1. The van der Waals surface area contributed by atoms with E-state index in [1.54, 1.807) is 29.5 Å². The number of fused-ring (bicyclic) bond motifs is 1. The number of hydrogen-bond donors (Lipinski definition) is 1. The van der Waals surface area contributed by atoms with Gasteiger partial charge in [-0.25, -0.2) is 4.79 Å². The largest absolute Gasteiger partial charge is 0.419 e. The first-order chi connectivity index (χ1) is 13.6. The van der Waals surface area contributed by atoms with E-state index in [2.05, 4.69) is 21.7 Å². The molecular formula is C20H22ClN3O3S. The highest BCUT2D eigenvalue weighted by molar-refractivity contribution is 7.10. The highest BCUT2D eigenvalue weighted by Crippen LogP contribution is 2.27. The first-order valence-corrected chi connectivity index (χ1v) is 10.7. The normalized spacial score (nSPS) is 15.9. The van der Waals surface area contributed by atoms with E-state index in [9.17, 15) is 9.59 Å². The molecule has 3 heterocycles. The average molecular weight is 420 g/mol. The molecular weight excluding hydrogens is 398 g/mol. The highest BCUT2D eigenvalue weighted by atomic mass is 35.5. The molecule has 148 valence electrons. The van der Waals surface area contributed by atoms with Gasteiger partial charge in [0.2, 0.25) is 5.91 Å². The molecule has 1 atom stereocenters. The summed E-state index contributed by atoms with van der Waals surface area (Å²) in [6.45, 7) is 2.98. The molecule has 0 radical (unpaired) electrons. The van der Waals surface area contributed by atoms with E-state index in [-0.39, 0.29) is 24.9 Å². The summed E-state index contributed by atoms with van der Waals surface area (Å²) >= 11 is 7.66. The third kappa shape index (κ3) is 4.16. The topological polar surface area (TPSA) is 67.5 Å². The van der Waals surface area contributed by atoms with Crippen LogP contribution in [0.5, 0.6) is 0 Å². The molecule has 1 aliphatic rings. The van der Waals surface area contributed by atoms with Crippen LogP contribution in [0.1, 0.15) is 30.2 Å². The summed E-state index contributed by atoms with van der Waals surface area (Å²) in [6, 6.07) is 9.44. The molecule has 28 heavy (non-hydrogen) atoms. The lowest BCUT2D eigenvalue weighted by Gasteiger charge is -2.26. The Hall–Kier alpha value is -2.09. The minimum Gasteiger partial charge on any atom is -0.408 e. The van der Waals surface area contributed by atoms with Crippen molar-refractivity contribution >= 4 is 39.9 Å². The Morgan fingerprint density at radius 3 is 2.86 bits per heavy atom. The third-order valence-corrected chi connectivity index (χ3v) is 6.35. The molecule has 2 aromatic heterocycles. The van der Waals surface area contributed by atoms with Crippen LogP contribution in [0.25, 0.3) is 11.1 Å². The zero-order valence-electron chi connectivity index (χ0n) is 15.4. The number of likely N-dealkylation sites (tertiary alicyclic amines) is 1. The molecule has 1 N–H and O–H groups in total. The van der Waals surface area contributed by atoms with Gasteiger partial charge in [0.05, 0.1) is 11.6 Å². The maximum absolute atomic E-state index is 12.4. The molecule has 0 aliphatic carbocycles. The van der Waals surface area contributed by atoms with Gasteiger partial charge in [-0.2, -0.15) is 0 Å². The van der Waals surface area contributed by atoms with Crippen LogP contribution in [0, 0.1) is 0 Å². The van der Waals surface area contributed by atoms with E-state index in [1.807, 2.05) is 6.07 Å². The number of nitrogens with zero attached hydrogens (tertiary/aromatic N) is 2. The van der Waals surface area contributed by atoms with Crippen molar-refractivity contribution in [3.8, 4) is 0 Å². The van der Waals surface area contributed by atoms with Gasteiger partial charge < -0.3 is 9.73 Å². The molecule has 3 aromatic rings. The predicted molar refractivity (Wildman–Crippen MR) is 111 cm³/mol. The number of thiophene rings is 1. The number of halogens is 1. The highest BCUT2D eigenvalue weighted by Gasteiger charge is 2.24. The average Bonchev–Trinajstić information content (AvgIpc) is 3.42. The van der Waals surface area contributed by atoms with Crippen LogP contribution < -0.4 is 11.1 Å². The minimum absolute atomic E-state index is 0.0732. The van der Waals surface area contributed by atoms with E-state index < -0.39 is 5.76 Å².